The van der Waals surface area contributed by atoms with Crippen molar-refractivity contribution in [3.05, 3.63) is 94.8 Å². The van der Waals surface area contributed by atoms with Crippen LogP contribution in [0.15, 0.2) is 72.6 Å². The fourth-order valence-electron chi connectivity index (χ4n) is 4.48. The van der Waals surface area contributed by atoms with Gasteiger partial charge in [0.2, 0.25) is 0 Å². The fourth-order valence-corrected chi connectivity index (χ4v) is 4.48. The van der Waals surface area contributed by atoms with Gasteiger partial charge in [-0.3, -0.25) is 19.5 Å². The smallest absolute Gasteiger partial charge is 0.300 e. The summed E-state index contributed by atoms with van der Waals surface area (Å²) in [5.74, 6) is -0.985. The molecule has 4 rings (SSSR count). The molecule has 2 heterocycles. The summed E-state index contributed by atoms with van der Waals surface area (Å²) in [6, 6.07) is 15.8. The molecule has 0 saturated carbocycles. The number of benzene rings is 2. The molecule has 1 aliphatic heterocycles. The maximum Gasteiger partial charge on any atom is 0.300 e. The molecule has 1 unspecified atom stereocenters. The highest BCUT2D eigenvalue weighted by atomic mass is 16.5. The highest BCUT2D eigenvalue weighted by molar-refractivity contribution is 6.51. The molecule has 1 N–H and O–H groups in total. The third-order valence-electron chi connectivity index (χ3n) is 6.60. The molecule has 1 aliphatic rings. The lowest BCUT2D eigenvalue weighted by Gasteiger charge is -2.26. The van der Waals surface area contributed by atoms with Crippen LogP contribution in [0.4, 0.5) is 5.69 Å². The molecule has 0 spiro atoms. The number of Topliss-reactive ketones (excluding diaryl/α,β-unsaturated/α-hetero) is 1. The van der Waals surface area contributed by atoms with Gasteiger partial charge in [0.15, 0.2) is 0 Å². The van der Waals surface area contributed by atoms with E-state index in [1.807, 2.05) is 36.4 Å². The van der Waals surface area contributed by atoms with E-state index in [1.54, 1.807) is 30.6 Å². The van der Waals surface area contributed by atoms with Crippen molar-refractivity contribution in [1.82, 2.24) is 4.98 Å². The summed E-state index contributed by atoms with van der Waals surface area (Å²) in [5.41, 5.74) is 3.45. The van der Waals surface area contributed by atoms with Crippen LogP contribution in [0.3, 0.4) is 0 Å². The lowest BCUT2D eigenvalue weighted by molar-refractivity contribution is -0.132. The van der Waals surface area contributed by atoms with Crippen LogP contribution >= 0.6 is 0 Å². The molecule has 1 amide bonds. The lowest BCUT2D eigenvalue weighted by atomic mass is 9.85. The van der Waals surface area contributed by atoms with Crippen LogP contribution in [-0.2, 0) is 15.0 Å². The number of pyridine rings is 1. The minimum atomic E-state index is -0.841. The molecule has 6 nitrogen and oxygen atoms in total. The van der Waals surface area contributed by atoms with Crippen molar-refractivity contribution >= 4 is 23.1 Å². The van der Waals surface area contributed by atoms with Crippen LogP contribution in [-0.4, -0.2) is 28.9 Å². The highest BCUT2D eigenvalue weighted by Gasteiger charge is 2.47. The Morgan fingerprint density at radius 2 is 1.75 bits per heavy atom. The van der Waals surface area contributed by atoms with E-state index in [9.17, 15) is 14.7 Å². The zero-order valence-corrected chi connectivity index (χ0v) is 21.6. The second-order valence-corrected chi connectivity index (χ2v) is 10.4. The zero-order valence-electron chi connectivity index (χ0n) is 21.6. The summed E-state index contributed by atoms with van der Waals surface area (Å²) < 4.78 is 5.53. The molecular formula is C30H32N2O4. The quantitative estimate of drug-likeness (QED) is 0.267. The Kier molecular flexibility index (Phi) is 6.72. The first-order valence-electron chi connectivity index (χ1n) is 12.0. The van der Waals surface area contributed by atoms with Crippen LogP contribution in [0.1, 0.15) is 68.8 Å². The largest absolute Gasteiger partial charge is 0.507 e. The predicted octanol–water partition coefficient (Wildman–Crippen LogP) is 6.14. The monoisotopic (exact) mass is 484 g/mol. The van der Waals surface area contributed by atoms with Crippen molar-refractivity contribution in [3.63, 3.8) is 0 Å². The van der Waals surface area contributed by atoms with Crippen LogP contribution in [0, 0.1) is 0 Å². The van der Waals surface area contributed by atoms with Gasteiger partial charge in [0.1, 0.15) is 11.5 Å². The van der Waals surface area contributed by atoms with E-state index in [0.29, 0.717) is 28.5 Å². The summed E-state index contributed by atoms with van der Waals surface area (Å²) >= 11 is 0. The van der Waals surface area contributed by atoms with E-state index in [0.717, 1.165) is 11.1 Å². The van der Waals surface area contributed by atoms with Crippen LogP contribution in [0.2, 0.25) is 0 Å². The van der Waals surface area contributed by atoms with Gasteiger partial charge in [-0.05, 0) is 58.4 Å². The number of carbonyl (C=O) groups is 2. The Labute approximate surface area is 212 Å². The first-order valence-corrected chi connectivity index (χ1v) is 12.0. The van der Waals surface area contributed by atoms with Crippen molar-refractivity contribution in [2.45, 2.75) is 52.0 Å². The number of hydrogen-bond donors (Lipinski definition) is 1. The molecule has 6 heteroatoms. The first-order chi connectivity index (χ1) is 17.0. The standard InChI is InChI=1S/C30H32N2O4/c1-18(2)19-9-12-22(13-10-19)32-26(20-8-7-15-31-17-20)25(28(34)29(32)35)27(33)23-16-21(30(3,4)5)11-14-24(23)36-6/h7-18,26,33H,1-6H3/b27-25+. The molecule has 1 fully saturated rings. The maximum absolute atomic E-state index is 13.5. The highest BCUT2D eigenvalue weighted by Crippen LogP contribution is 2.43. The van der Waals surface area contributed by atoms with E-state index in [-0.39, 0.29) is 16.7 Å². The van der Waals surface area contributed by atoms with Gasteiger partial charge in [0.05, 0.1) is 24.3 Å². The normalized spacial score (nSPS) is 17.6. The Bertz CT molecular complexity index is 1320. The number of aromatic nitrogens is 1. The SMILES string of the molecule is COc1ccc(C(C)(C)C)cc1/C(O)=C1\C(=O)C(=O)N(c2ccc(C(C)C)cc2)C1c1cccnc1. The number of anilines is 1. The minimum absolute atomic E-state index is 0.00490. The van der Waals surface area contributed by atoms with Gasteiger partial charge in [0, 0.05) is 18.1 Å². The third kappa shape index (κ3) is 4.51. The first kappa shape index (κ1) is 25.2. The number of aliphatic hydroxyl groups is 1. The average molecular weight is 485 g/mol. The van der Waals surface area contributed by atoms with Crippen molar-refractivity contribution < 1.29 is 19.4 Å². The maximum atomic E-state index is 13.5. The molecule has 3 aromatic rings. The van der Waals surface area contributed by atoms with Gasteiger partial charge >= 0.3 is 0 Å². The molecule has 36 heavy (non-hydrogen) atoms. The summed E-state index contributed by atoms with van der Waals surface area (Å²) in [5, 5.41) is 11.6. The minimum Gasteiger partial charge on any atom is -0.507 e. The number of aliphatic hydroxyl groups excluding tert-OH is 1. The Balaban J connectivity index is 1.95. The number of rotatable bonds is 5. The van der Waals surface area contributed by atoms with Gasteiger partial charge in [-0.15, -0.1) is 0 Å². The number of amides is 1. The van der Waals surface area contributed by atoms with Gasteiger partial charge < -0.3 is 9.84 Å². The van der Waals surface area contributed by atoms with E-state index in [2.05, 4.69) is 39.6 Å². The summed E-state index contributed by atoms with van der Waals surface area (Å²) in [4.78, 5) is 32.5. The van der Waals surface area contributed by atoms with Crippen LogP contribution < -0.4 is 9.64 Å². The average Bonchev–Trinajstić information content (AvgIpc) is 3.13. The van der Waals surface area contributed by atoms with Crippen LogP contribution in [0.25, 0.3) is 5.76 Å². The number of ether oxygens (including phenoxy) is 1. The Morgan fingerprint density at radius 3 is 2.31 bits per heavy atom. The van der Waals surface area contributed by atoms with E-state index in [4.69, 9.17) is 4.74 Å². The number of nitrogens with zero attached hydrogens (tertiary/aromatic N) is 2. The van der Waals surface area contributed by atoms with Gasteiger partial charge in [-0.25, -0.2) is 0 Å². The van der Waals surface area contributed by atoms with E-state index >= 15 is 0 Å². The molecule has 0 aliphatic carbocycles. The van der Waals surface area contributed by atoms with E-state index in [1.165, 1.54) is 12.0 Å². The van der Waals surface area contributed by atoms with Crippen molar-refractivity contribution in [2.75, 3.05) is 12.0 Å². The molecule has 1 atom stereocenters. The molecular weight excluding hydrogens is 452 g/mol. The second-order valence-electron chi connectivity index (χ2n) is 10.4. The number of ketones is 1. The summed E-state index contributed by atoms with van der Waals surface area (Å²) in [6.07, 6.45) is 3.24. The summed E-state index contributed by atoms with van der Waals surface area (Å²) in [6.45, 7) is 10.4. The molecule has 1 saturated heterocycles. The molecule has 0 bridgehead atoms. The number of carbonyl (C=O) groups excluding carboxylic acids is 2. The van der Waals surface area contributed by atoms with Gasteiger partial charge in [0.25, 0.3) is 11.7 Å². The molecule has 0 radical (unpaired) electrons. The van der Waals surface area contributed by atoms with Gasteiger partial charge in [-0.2, -0.15) is 0 Å². The van der Waals surface area contributed by atoms with Crippen molar-refractivity contribution in [1.29, 1.82) is 0 Å². The van der Waals surface area contributed by atoms with E-state index < -0.39 is 17.7 Å². The van der Waals surface area contributed by atoms with Crippen LogP contribution in [0.5, 0.6) is 5.75 Å². The Morgan fingerprint density at radius 1 is 1.06 bits per heavy atom. The zero-order chi connectivity index (χ0) is 26.2. The summed E-state index contributed by atoms with van der Waals surface area (Å²) in [7, 11) is 1.51. The van der Waals surface area contributed by atoms with Crippen molar-refractivity contribution in [2.24, 2.45) is 0 Å². The second kappa shape index (κ2) is 9.61. The molecule has 1 aromatic heterocycles. The third-order valence-corrected chi connectivity index (χ3v) is 6.60. The molecule has 2 aromatic carbocycles. The predicted molar refractivity (Wildman–Crippen MR) is 141 cm³/mol. The number of methoxy groups -OCH3 is 1. The Hall–Kier alpha value is -3.93. The lowest BCUT2D eigenvalue weighted by Crippen LogP contribution is -2.29. The fraction of sp³-hybridized carbons (Fsp3) is 0.300. The van der Waals surface area contributed by atoms with Crippen molar-refractivity contribution in [3.8, 4) is 5.75 Å². The molecule has 186 valence electrons. The topological polar surface area (TPSA) is 79.7 Å². The van der Waals surface area contributed by atoms with Gasteiger partial charge in [-0.1, -0.05) is 58.9 Å². The number of hydrogen-bond acceptors (Lipinski definition) is 5.